The Balaban J connectivity index is 1.83. The molecule has 23 heavy (non-hydrogen) atoms. The Morgan fingerprint density at radius 3 is 2.91 bits per heavy atom. The van der Waals surface area contributed by atoms with Crippen molar-refractivity contribution in [3.63, 3.8) is 0 Å². The number of rotatable bonds is 5. The van der Waals surface area contributed by atoms with E-state index in [1.54, 1.807) is 0 Å². The van der Waals surface area contributed by atoms with Crippen molar-refractivity contribution < 1.29 is 19.1 Å². The van der Waals surface area contributed by atoms with Gasteiger partial charge in [-0.1, -0.05) is 23.4 Å². The number of esters is 1. The molecule has 1 aliphatic heterocycles. The minimum atomic E-state index is -0.664. The van der Waals surface area contributed by atoms with Gasteiger partial charge in [-0.3, -0.25) is 14.4 Å². The number of halogens is 1. The maximum atomic E-state index is 11.8. The van der Waals surface area contributed by atoms with Gasteiger partial charge >= 0.3 is 5.97 Å². The largest absolute Gasteiger partial charge is 0.454 e. The summed E-state index contributed by atoms with van der Waals surface area (Å²) in [7, 11) is 0. The van der Waals surface area contributed by atoms with E-state index in [1.165, 1.54) is 23.1 Å². The summed E-state index contributed by atoms with van der Waals surface area (Å²) in [5, 5.41) is 11.6. The highest BCUT2D eigenvalue weighted by Crippen LogP contribution is 2.20. The third-order valence-corrected chi connectivity index (χ3v) is 4.03. The lowest BCUT2D eigenvalue weighted by Crippen LogP contribution is -2.32. The molecule has 1 fully saturated rings. The van der Waals surface area contributed by atoms with Gasteiger partial charge in [0.1, 0.15) is 12.6 Å². The van der Waals surface area contributed by atoms with Crippen LogP contribution in [-0.4, -0.2) is 47.5 Å². The first-order chi connectivity index (χ1) is 11.0. The number of carbonyl (C=O) groups excluding carboxylic acids is 3. The topological polar surface area (TPSA) is 99.5 Å². The highest BCUT2D eigenvalue weighted by Gasteiger charge is 2.24. The van der Waals surface area contributed by atoms with Crippen LogP contribution in [0.1, 0.15) is 5.56 Å². The quantitative estimate of drug-likeness (QED) is 0.811. The summed E-state index contributed by atoms with van der Waals surface area (Å²) in [6.45, 7) is -0.204. The second-order valence-corrected chi connectivity index (χ2v) is 6.03. The number of nitriles is 1. The summed E-state index contributed by atoms with van der Waals surface area (Å²) in [6.07, 6.45) is 0. The van der Waals surface area contributed by atoms with E-state index < -0.39 is 18.5 Å². The number of hydrogen-bond donors (Lipinski definition) is 1. The lowest BCUT2D eigenvalue weighted by molar-refractivity contribution is -0.147. The molecule has 9 heteroatoms. The van der Waals surface area contributed by atoms with Gasteiger partial charge in [0.15, 0.2) is 6.61 Å². The third-order valence-electron chi connectivity index (χ3n) is 2.91. The highest BCUT2D eigenvalue weighted by atomic mass is 35.5. The van der Waals surface area contributed by atoms with Crippen LogP contribution in [0.3, 0.4) is 0 Å². The monoisotopic (exact) mass is 353 g/mol. The number of benzene rings is 1. The summed E-state index contributed by atoms with van der Waals surface area (Å²) in [4.78, 5) is 36.1. The maximum Gasteiger partial charge on any atom is 0.326 e. The standard InChI is InChI=1S/C14H12ClN3O4S/c15-10-2-1-9(6-16)11(5-10)17-12(19)8-22-13(20)7-18-3-4-23-14(18)21/h1-2,5H,3-4,7-8H2,(H,17,19). The summed E-state index contributed by atoms with van der Waals surface area (Å²) in [6, 6.07) is 6.35. The van der Waals surface area contributed by atoms with Gasteiger partial charge in [-0.2, -0.15) is 5.26 Å². The average Bonchev–Trinajstić information content (AvgIpc) is 2.91. The van der Waals surface area contributed by atoms with Crippen molar-refractivity contribution in [1.82, 2.24) is 4.90 Å². The Kier molecular flexibility index (Phi) is 5.84. The van der Waals surface area contributed by atoms with Crippen molar-refractivity contribution in [2.45, 2.75) is 0 Å². The maximum absolute atomic E-state index is 11.8. The molecule has 1 aromatic carbocycles. The molecule has 1 aliphatic rings. The zero-order valence-electron chi connectivity index (χ0n) is 11.9. The average molecular weight is 354 g/mol. The van der Waals surface area contributed by atoms with Crippen molar-refractivity contribution in [3.8, 4) is 6.07 Å². The second-order valence-electron chi connectivity index (χ2n) is 4.55. The number of hydrogen-bond acceptors (Lipinski definition) is 6. The Bertz CT molecular complexity index is 689. The molecule has 0 aliphatic carbocycles. The highest BCUT2D eigenvalue weighted by molar-refractivity contribution is 8.13. The van der Waals surface area contributed by atoms with Crippen LogP contribution < -0.4 is 5.32 Å². The van der Waals surface area contributed by atoms with Gasteiger partial charge in [-0.25, -0.2) is 0 Å². The minimum absolute atomic E-state index is 0.177. The molecule has 1 aromatic rings. The first kappa shape index (κ1) is 17.1. The number of nitrogens with zero attached hydrogens (tertiary/aromatic N) is 2. The van der Waals surface area contributed by atoms with E-state index in [1.807, 2.05) is 6.07 Å². The molecule has 2 amide bonds. The number of thioether (sulfide) groups is 1. The van der Waals surface area contributed by atoms with Crippen molar-refractivity contribution in [3.05, 3.63) is 28.8 Å². The number of amides is 2. The fourth-order valence-electron chi connectivity index (χ4n) is 1.82. The van der Waals surface area contributed by atoms with E-state index in [0.29, 0.717) is 17.3 Å². The lowest BCUT2D eigenvalue weighted by atomic mass is 10.2. The summed E-state index contributed by atoms with van der Waals surface area (Å²) < 4.78 is 4.82. The van der Waals surface area contributed by atoms with Crippen LogP contribution in [0.25, 0.3) is 0 Å². The third kappa shape index (κ3) is 4.87. The van der Waals surface area contributed by atoms with Gasteiger partial charge in [-0.15, -0.1) is 0 Å². The number of ether oxygens (including phenoxy) is 1. The van der Waals surface area contributed by atoms with Crippen LogP contribution in [0.2, 0.25) is 5.02 Å². The summed E-state index contributed by atoms with van der Waals surface area (Å²) in [5.41, 5.74) is 0.487. The molecule has 120 valence electrons. The Morgan fingerprint density at radius 1 is 1.48 bits per heavy atom. The molecular formula is C14H12ClN3O4S. The molecule has 0 aromatic heterocycles. The van der Waals surface area contributed by atoms with E-state index in [-0.39, 0.29) is 23.0 Å². The molecular weight excluding hydrogens is 342 g/mol. The molecule has 2 rings (SSSR count). The summed E-state index contributed by atoms with van der Waals surface area (Å²) in [5.74, 6) is -0.625. The zero-order chi connectivity index (χ0) is 16.8. The molecule has 0 spiro atoms. The Labute approximate surface area is 141 Å². The Hall–Kier alpha value is -2.24. The second kappa shape index (κ2) is 7.85. The van der Waals surface area contributed by atoms with Gasteiger partial charge in [-0.05, 0) is 18.2 Å². The molecule has 0 radical (unpaired) electrons. The normalized spacial score (nSPS) is 13.6. The van der Waals surface area contributed by atoms with E-state index >= 15 is 0 Å². The molecule has 1 heterocycles. The molecule has 1 N–H and O–H groups in total. The smallest absolute Gasteiger partial charge is 0.326 e. The van der Waals surface area contributed by atoms with Crippen LogP contribution in [0.5, 0.6) is 0 Å². The van der Waals surface area contributed by atoms with E-state index in [0.717, 1.165) is 11.8 Å². The van der Waals surface area contributed by atoms with E-state index in [9.17, 15) is 14.4 Å². The summed E-state index contributed by atoms with van der Waals surface area (Å²) >= 11 is 6.94. The SMILES string of the molecule is N#Cc1ccc(Cl)cc1NC(=O)COC(=O)CN1CCSC1=O. The van der Waals surface area contributed by atoms with Crippen molar-refractivity contribution in [1.29, 1.82) is 5.26 Å². The van der Waals surface area contributed by atoms with Crippen molar-refractivity contribution in [2.24, 2.45) is 0 Å². The number of carbonyl (C=O) groups is 3. The predicted molar refractivity (Wildman–Crippen MR) is 85.2 cm³/mol. The van der Waals surface area contributed by atoms with Crippen LogP contribution >= 0.6 is 23.4 Å². The molecule has 7 nitrogen and oxygen atoms in total. The Morgan fingerprint density at radius 2 is 2.26 bits per heavy atom. The molecule has 0 bridgehead atoms. The van der Waals surface area contributed by atoms with Gasteiger partial charge in [0.25, 0.3) is 11.1 Å². The first-order valence-corrected chi connectivity index (χ1v) is 7.93. The van der Waals surface area contributed by atoms with Gasteiger partial charge in [0.2, 0.25) is 0 Å². The molecule has 0 unspecified atom stereocenters. The van der Waals surface area contributed by atoms with Crippen LogP contribution in [0, 0.1) is 11.3 Å². The predicted octanol–water partition coefficient (Wildman–Crippen LogP) is 1.86. The van der Waals surface area contributed by atoms with Crippen LogP contribution in [0.4, 0.5) is 10.5 Å². The first-order valence-electron chi connectivity index (χ1n) is 6.56. The van der Waals surface area contributed by atoms with E-state index in [2.05, 4.69) is 5.32 Å². The molecule has 0 saturated carbocycles. The lowest BCUT2D eigenvalue weighted by Gasteiger charge is -2.13. The van der Waals surface area contributed by atoms with Gasteiger partial charge in [0.05, 0.1) is 11.3 Å². The number of anilines is 1. The van der Waals surface area contributed by atoms with Gasteiger partial charge < -0.3 is 15.0 Å². The number of nitrogens with one attached hydrogen (secondary N) is 1. The van der Waals surface area contributed by atoms with Crippen molar-refractivity contribution in [2.75, 3.05) is 30.8 Å². The molecule has 1 saturated heterocycles. The minimum Gasteiger partial charge on any atom is -0.454 e. The van der Waals surface area contributed by atoms with Gasteiger partial charge in [0, 0.05) is 17.3 Å². The zero-order valence-corrected chi connectivity index (χ0v) is 13.4. The fraction of sp³-hybridized carbons (Fsp3) is 0.286. The van der Waals surface area contributed by atoms with Crippen LogP contribution in [-0.2, 0) is 14.3 Å². The van der Waals surface area contributed by atoms with Crippen molar-refractivity contribution >= 4 is 46.2 Å². The fourth-order valence-corrected chi connectivity index (χ4v) is 2.82. The van der Waals surface area contributed by atoms with E-state index in [4.69, 9.17) is 21.6 Å². The van der Waals surface area contributed by atoms with Crippen LogP contribution in [0.15, 0.2) is 18.2 Å². The molecule has 0 atom stereocenters.